The van der Waals surface area contributed by atoms with Crippen molar-refractivity contribution in [2.24, 2.45) is 0 Å². The van der Waals surface area contributed by atoms with Gasteiger partial charge in [-0.2, -0.15) is 0 Å². The maximum atomic E-state index is 13.2. The first-order valence-corrected chi connectivity index (χ1v) is 8.59. The van der Waals surface area contributed by atoms with Crippen LogP contribution in [0.3, 0.4) is 0 Å². The largest absolute Gasteiger partial charge is 0.392 e. The van der Waals surface area contributed by atoms with Gasteiger partial charge in [-0.25, -0.2) is 0 Å². The molecular weight excluding hydrogens is 322 g/mol. The Bertz CT molecular complexity index is 1130. The molecule has 3 aromatic carbocycles. The van der Waals surface area contributed by atoms with Gasteiger partial charge in [0, 0.05) is 22.2 Å². The van der Waals surface area contributed by atoms with Crippen LogP contribution in [0.25, 0.3) is 33.2 Å². The molecular formula is C23H19NO2. The van der Waals surface area contributed by atoms with Crippen LogP contribution in [0.2, 0.25) is 0 Å². The molecule has 0 bridgehead atoms. The Morgan fingerprint density at radius 3 is 2.23 bits per heavy atom. The first-order valence-electron chi connectivity index (χ1n) is 8.59. The average Bonchev–Trinajstić information content (AvgIpc) is 2.69. The van der Waals surface area contributed by atoms with Crippen LogP contribution in [0.4, 0.5) is 0 Å². The van der Waals surface area contributed by atoms with E-state index in [1.807, 2.05) is 79.7 Å². The van der Waals surface area contributed by atoms with Gasteiger partial charge in [0.1, 0.15) is 0 Å². The van der Waals surface area contributed by atoms with Gasteiger partial charge in [-0.1, -0.05) is 60.7 Å². The van der Waals surface area contributed by atoms with Crippen LogP contribution in [0.1, 0.15) is 11.3 Å². The topological polar surface area (TPSA) is 53.1 Å². The number of H-pyrrole nitrogens is 1. The average molecular weight is 341 g/mol. The number of fused-ring (bicyclic) bond motifs is 1. The third kappa shape index (κ3) is 2.83. The van der Waals surface area contributed by atoms with E-state index >= 15 is 0 Å². The van der Waals surface area contributed by atoms with Gasteiger partial charge in [0.2, 0.25) is 0 Å². The molecule has 2 N–H and O–H groups in total. The molecule has 0 saturated heterocycles. The zero-order valence-corrected chi connectivity index (χ0v) is 14.5. The summed E-state index contributed by atoms with van der Waals surface area (Å²) in [7, 11) is 0. The Hall–Kier alpha value is -3.17. The molecule has 0 radical (unpaired) electrons. The van der Waals surface area contributed by atoms with Crippen molar-refractivity contribution in [3.63, 3.8) is 0 Å². The standard InChI is InChI=1S/C23H19NO2/c1-15-22(18-5-3-2-4-6-18)23(26)20-13-19(11-12-21(20)24-15)17-9-7-16(14-25)8-10-17/h2-13,25H,14H2,1H3,(H,24,26). The van der Waals surface area contributed by atoms with E-state index in [1.54, 1.807) is 0 Å². The van der Waals surface area contributed by atoms with Crippen molar-refractivity contribution in [2.75, 3.05) is 0 Å². The molecule has 0 fully saturated rings. The molecule has 0 aliphatic carbocycles. The van der Waals surface area contributed by atoms with Crippen molar-refractivity contribution >= 4 is 10.9 Å². The van der Waals surface area contributed by atoms with E-state index in [1.165, 1.54) is 0 Å². The maximum Gasteiger partial charge on any atom is 0.197 e. The van der Waals surface area contributed by atoms with Gasteiger partial charge in [-0.3, -0.25) is 4.79 Å². The number of aromatic nitrogens is 1. The number of benzene rings is 3. The number of aromatic amines is 1. The van der Waals surface area contributed by atoms with Gasteiger partial charge >= 0.3 is 0 Å². The summed E-state index contributed by atoms with van der Waals surface area (Å²) in [6.07, 6.45) is 0. The molecule has 0 aliphatic heterocycles. The van der Waals surface area contributed by atoms with Gasteiger partial charge in [0.05, 0.1) is 6.61 Å². The number of hydrogen-bond donors (Lipinski definition) is 2. The van der Waals surface area contributed by atoms with Crippen molar-refractivity contribution in [2.45, 2.75) is 13.5 Å². The molecule has 3 nitrogen and oxygen atoms in total. The Morgan fingerprint density at radius 2 is 1.54 bits per heavy atom. The zero-order chi connectivity index (χ0) is 18.1. The van der Waals surface area contributed by atoms with E-state index < -0.39 is 0 Å². The van der Waals surface area contributed by atoms with E-state index in [4.69, 9.17) is 0 Å². The molecule has 0 saturated carbocycles. The molecule has 4 aromatic rings. The van der Waals surface area contributed by atoms with Crippen LogP contribution in [-0.2, 0) is 6.61 Å². The molecule has 0 spiro atoms. The summed E-state index contributed by atoms with van der Waals surface area (Å²) >= 11 is 0. The van der Waals surface area contributed by atoms with Crippen LogP contribution in [-0.4, -0.2) is 10.1 Å². The number of pyridine rings is 1. The zero-order valence-electron chi connectivity index (χ0n) is 14.5. The molecule has 0 amide bonds. The van der Waals surface area contributed by atoms with Crippen LogP contribution in [0.15, 0.2) is 77.6 Å². The minimum Gasteiger partial charge on any atom is -0.392 e. The number of hydrogen-bond acceptors (Lipinski definition) is 2. The fourth-order valence-electron chi connectivity index (χ4n) is 3.35. The Balaban J connectivity index is 1.91. The second-order valence-corrected chi connectivity index (χ2v) is 6.44. The lowest BCUT2D eigenvalue weighted by Gasteiger charge is -2.10. The van der Waals surface area contributed by atoms with Crippen molar-refractivity contribution < 1.29 is 5.11 Å². The first kappa shape index (κ1) is 16.3. The molecule has 0 aliphatic rings. The molecule has 0 unspecified atom stereocenters. The van der Waals surface area contributed by atoms with E-state index in [2.05, 4.69) is 4.98 Å². The predicted octanol–water partition coefficient (Wildman–Crippen LogP) is 4.66. The van der Waals surface area contributed by atoms with E-state index in [0.29, 0.717) is 10.9 Å². The summed E-state index contributed by atoms with van der Waals surface area (Å²) in [6, 6.07) is 23.4. The molecule has 4 rings (SSSR count). The molecule has 3 heteroatoms. The first-order chi connectivity index (χ1) is 12.7. The van der Waals surface area contributed by atoms with Crippen LogP contribution < -0.4 is 5.43 Å². The predicted molar refractivity (Wildman–Crippen MR) is 106 cm³/mol. The fourth-order valence-corrected chi connectivity index (χ4v) is 3.35. The van der Waals surface area contributed by atoms with Crippen LogP contribution >= 0.6 is 0 Å². The van der Waals surface area contributed by atoms with E-state index in [9.17, 15) is 9.90 Å². The molecule has 0 atom stereocenters. The summed E-state index contributed by atoms with van der Waals surface area (Å²) in [5.74, 6) is 0. The number of aryl methyl sites for hydroxylation is 1. The number of rotatable bonds is 3. The molecule has 1 heterocycles. The fraction of sp³-hybridized carbons (Fsp3) is 0.0870. The molecule has 128 valence electrons. The highest BCUT2D eigenvalue weighted by Crippen LogP contribution is 2.26. The summed E-state index contributed by atoms with van der Waals surface area (Å²) in [5.41, 5.74) is 6.25. The maximum absolute atomic E-state index is 13.2. The van der Waals surface area contributed by atoms with Gasteiger partial charge in [0.25, 0.3) is 0 Å². The van der Waals surface area contributed by atoms with Crippen LogP contribution in [0, 0.1) is 6.92 Å². The smallest absolute Gasteiger partial charge is 0.197 e. The Labute approximate surface area is 151 Å². The lowest BCUT2D eigenvalue weighted by molar-refractivity contribution is 0.282. The highest BCUT2D eigenvalue weighted by Gasteiger charge is 2.12. The minimum atomic E-state index is 0.0252. The van der Waals surface area contributed by atoms with Crippen molar-refractivity contribution in [3.8, 4) is 22.3 Å². The third-order valence-electron chi connectivity index (χ3n) is 4.72. The van der Waals surface area contributed by atoms with E-state index in [-0.39, 0.29) is 12.0 Å². The van der Waals surface area contributed by atoms with Crippen molar-refractivity contribution in [1.82, 2.24) is 4.98 Å². The highest BCUT2D eigenvalue weighted by atomic mass is 16.3. The van der Waals surface area contributed by atoms with Gasteiger partial charge < -0.3 is 10.1 Å². The Kier molecular flexibility index (Phi) is 4.15. The van der Waals surface area contributed by atoms with Gasteiger partial charge in [0.15, 0.2) is 5.43 Å². The summed E-state index contributed by atoms with van der Waals surface area (Å²) in [5, 5.41) is 9.87. The van der Waals surface area contributed by atoms with E-state index in [0.717, 1.165) is 33.5 Å². The number of aliphatic hydroxyl groups is 1. The van der Waals surface area contributed by atoms with Gasteiger partial charge in [-0.15, -0.1) is 0 Å². The number of nitrogens with one attached hydrogen (secondary N) is 1. The quantitative estimate of drug-likeness (QED) is 0.569. The molecule has 26 heavy (non-hydrogen) atoms. The second-order valence-electron chi connectivity index (χ2n) is 6.44. The van der Waals surface area contributed by atoms with Crippen LogP contribution in [0.5, 0.6) is 0 Å². The second kappa shape index (κ2) is 6.62. The highest BCUT2D eigenvalue weighted by molar-refractivity contribution is 5.88. The lowest BCUT2D eigenvalue weighted by Crippen LogP contribution is -2.09. The minimum absolute atomic E-state index is 0.0252. The normalized spacial score (nSPS) is 11.0. The summed E-state index contributed by atoms with van der Waals surface area (Å²) < 4.78 is 0. The summed E-state index contributed by atoms with van der Waals surface area (Å²) in [6.45, 7) is 1.96. The van der Waals surface area contributed by atoms with Gasteiger partial charge in [-0.05, 0) is 41.3 Å². The monoisotopic (exact) mass is 341 g/mol. The SMILES string of the molecule is Cc1[nH]c2ccc(-c3ccc(CO)cc3)cc2c(=O)c1-c1ccccc1. The molecule has 1 aromatic heterocycles. The van der Waals surface area contributed by atoms with Crippen molar-refractivity contribution in [3.05, 3.63) is 94.3 Å². The van der Waals surface area contributed by atoms with Crippen molar-refractivity contribution in [1.29, 1.82) is 0 Å². The Morgan fingerprint density at radius 1 is 0.846 bits per heavy atom. The third-order valence-corrected chi connectivity index (χ3v) is 4.72. The lowest BCUT2D eigenvalue weighted by atomic mass is 9.98. The number of aliphatic hydroxyl groups excluding tert-OH is 1. The summed E-state index contributed by atoms with van der Waals surface area (Å²) in [4.78, 5) is 16.5.